The average molecular weight is 391 g/mol. The van der Waals surface area contributed by atoms with E-state index in [9.17, 15) is 9.59 Å². The third-order valence-corrected chi connectivity index (χ3v) is 4.25. The van der Waals surface area contributed by atoms with Gasteiger partial charge in [0.05, 0.1) is 5.56 Å². The molecule has 0 saturated carbocycles. The largest absolute Gasteiger partial charge is 0.485 e. The maximum Gasteiger partial charge on any atom is 0.338 e. The Balaban J connectivity index is 1.33. The van der Waals surface area contributed by atoms with E-state index < -0.39 is 5.97 Å². The number of aromatic nitrogens is 3. The van der Waals surface area contributed by atoms with Crippen LogP contribution in [0, 0.1) is 6.92 Å². The molecule has 0 fully saturated rings. The second-order valence-electron chi connectivity index (χ2n) is 6.29. The van der Waals surface area contributed by atoms with E-state index in [1.54, 1.807) is 37.4 Å². The van der Waals surface area contributed by atoms with Crippen LogP contribution >= 0.6 is 0 Å². The van der Waals surface area contributed by atoms with Crippen LogP contribution in [0.5, 0.6) is 5.75 Å². The fraction of sp³-hybridized carbons (Fsp3) is 0.143. The summed E-state index contributed by atoms with van der Waals surface area (Å²) in [5.74, 6) is 0.578. The lowest BCUT2D eigenvalue weighted by Gasteiger charge is -2.06. The second-order valence-corrected chi connectivity index (χ2v) is 6.29. The first-order valence-corrected chi connectivity index (χ1v) is 8.88. The SMILES string of the molecule is Cc1nc(COc2ccc(C(=O)OCC(=O)c3c[nH]c4ccccc34)cc2)no1. The van der Waals surface area contributed by atoms with Crippen molar-refractivity contribution >= 4 is 22.7 Å². The van der Waals surface area contributed by atoms with E-state index in [2.05, 4.69) is 15.1 Å². The number of hydrogen-bond donors (Lipinski definition) is 1. The molecule has 4 rings (SSSR count). The van der Waals surface area contributed by atoms with Gasteiger partial charge in [-0.05, 0) is 30.3 Å². The molecular weight excluding hydrogens is 374 g/mol. The highest BCUT2D eigenvalue weighted by molar-refractivity contribution is 6.09. The zero-order valence-electron chi connectivity index (χ0n) is 15.5. The molecule has 0 bridgehead atoms. The zero-order chi connectivity index (χ0) is 20.2. The third-order valence-electron chi connectivity index (χ3n) is 4.25. The van der Waals surface area contributed by atoms with Crippen LogP contribution in [0.2, 0.25) is 0 Å². The summed E-state index contributed by atoms with van der Waals surface area (Å²) in [4.78, 5) is 31.7. The van der Waals surface area contributed by atoms with Crippen molar-refractivity contribution in [2.24, 2.45) is 0 Å². The van der Waals surface area contributed by atoms with Crippen molar-refractivity contribution in [1.82, 2.24) is 15.1 Å². The summed E-state index contributed by atoms with van der Waals surface area (Å²) in [6.07, 6.45) is 1.62. The van der Waals surface area contributed by atoms with Gasteiger partial charge in [-0.15, -0.1) is 0 Å². The van der Waals surface area contributed by atoms with Crippen LogP contribution in [0.15, 0.2) is 59.3 Å². The Kier molecular flexibility index (Phi) is 5.07. The van der Waals surface area contributed by atoms with Crippen LogP contribution in [0.25, 0.3) is 10.9 Å². The maximum atomic E-state index is 12.4. The fourth-order valence-electron chi connectivity index (χ4n) is 2.83. The molecule has 2 aromatic heterocycles. The number of nitrogens with one attached hydrogen (secondary N) is 1. The first kappa shape index (κ1) is 18.4. The number of Topliss-reactive ketones (excluding diaryl/α,β-unsaturated/α-hetero) is 1. The number of nitrogens with zero attached hydrogens (tertiary/aromatic N) is 2. The molecule has 0 atom stereocenters. The number of benzene rings is 2. The Labute approximate surface area is 165 Å². The third kappa shape index (κ3) is 4.16. The van der Waals surface area contributed by atoms with Crippen LogP contribution in [0.1, 0.15) is 32.4 Å². The molecule has 4 aromatic rings. The lowest BCUT2D eigenvalue weighted by atomic mass is 10.1. The molecule has 1 N–H and O–H groups in total. The molecule has 0 spiro atoms. The van der Waals surface area contributed by atoms with Crippen molar-refractivity contribution in [3.63, 3.8) is 0 Å². The number of ketones is 1. The summed E-state index contributed by atoms with van der Waals surface area (Å²) < 4.78 is 15.6. The Morgan fingerprint density at radius 3 is 2.66 bits per heavy atom. The van der Waals surface area contributed by atoms with Gasteiger partial charge < -0.3 is 19.0 Å². The number of esters is 1. The number of aromatic amines is 1. The van der Waals surface area contributed by atoms with Crippen molar-refractivity contribution in [3.8, 4) is 5.75 Å². The highest BCUT2D eigenvalue weighted by Gasteiger charge is 2.15. The number of hydrogen-bond acceptors (Lipinski definition) is 7. The molecule has 0 aliphatic heterocycles. The summed E-state index contributed by atoms with van der Waals surface area (Å²) in [7, 11) is 0. The van der Waals surface area contributed by atoms with Gasteiger partial charge in [0, 0.05) is 29.6 Å². The lowest BCUT2D eigenvalue weighted by Crippen LogP contribution is -2.14. The minimum Gasteiger partial charge on any atom is -0.485 e. The van der Waals surface area contributed by atoms with Crippen molar-refractivity contribution in [2.45, 2.75) is 13.5 Å². The molecule has 8 nitrogen and oxygen atoms in total. The number of carbonyl (C=O) groups excluding carboxylic acids is 2. The smallest absolute Gasteiger partial charge is 0.338 e. The molecule has 0 aliphatic rings. The van der Waals surface area contributed by atoms with E-state index in [4.69, 9.17) is 14.0 Å². The first-order chi connectivity index (χ1) is 14.1. The van der Waals surface area contributed by atoms with Gasteiger partial charge in [0.15, 0.2) is 13.2 Å². The van der Waals surface area contributed by atoms with Crippen molar-refractivity contribution in [3.05, 3.63) is 77.6 Å². The molecule has 0 aliphatic carbocycles. The monoisotopic (exact) mass is 391 g/mol. The molecule has 146 valence electrons. The molecule has 29 heavy (non-hydrogen) atoms. The van der Waals surface area contributed by atoms with Gasteiger partial charge in [-0.1, -0.05) is 23.4 Å². The van der Waals surface area contributed by atoms with Gasteiger partial charge in [-0.2, -0.15) is 4.98 Å². The van der Waals surface area contributed by atoms with Gasteiger partial charge in [-0.3, -0.25) is 4.79 Å². The Morgan fingerprint density at radius 2 is 1.90 bits per heavy atom. The number of rotatable bonds is 7. The number of ether oxygens (including phenoxy) is 2. The van der Waals surface area contributed by atoms with Crippen LogP contribution < -0.4 is 4.74 Å². The number of fused-ring (bicyclic) bond motifs is 1. The summed E-state index contributed by atoms with van der Waals surface area (Å²) in [5, 5.41) is 4.54. The van der Waals surface area contributed by atoms with Crippen LogP contribution in [-0.2, 0) is 11.3 Å². The Hall–Kier alpha value is -3.94. The molecule has 2 heterocycles. The summed E-state index contributed by atoms with van der Waals surface area (Å²) in [5.41, 5.74) is 1.67. The van der Waals surface area contributed by atoms with Gasteiger partial charge in [0.1, 0.15) is 5.75 Å². The zero-order valence-corrected chi connectivity index (χ0v) is 15.5. The van der Waals surface area contributed by atoms with Crippen molar-refractivity contribution in [1.29, 1.82) is 0 Å². The quantitative estimate of drug-likeness (QED) is 0.380. The molecule has 0 saturated heterocycles. The Bertz CT molecular complexity index is 1160. The van der Waals surface area contributed by atoms with Crippen molar-refractivity contribution < 1.29 is 23.6 Å². The first-order valence-electron chi connectivity index (χ1n) is 8.88. The standard InChI is InChI=1S/C21H17N3O5/c1-13-23-20(24-29-13)12-27-15-8-6-14(7-9-15)21(26)28-11-19(25)17-10-22-18-5-3-2-4-16(17)18/h2-10,22H,11-12H2,1H3. The van der Waals surface area contributed by atoms with Crippen molar-refractivity contribution in [2.75, 3.05) is 6.61 Å². The second kappa shape index (κ2) is 7.97. The maximum absolute atomic E-state index is 12.4. The van der Waals surface area contributed by atoms with Gasteiger partial charge in [-0.25, -0.2) is 4.79 Å². The van der Waals surface area contributed by atoms with E-state index in [0.29, 0.717) is 28.6 Å². The number of carbonyl (C=O) groups is 2. The summed E-state index contributed by atoms with van der Waals surface area (Å²) in [6, 6.07) is 13.8. The van der Waals surface area contributed by atoms with E-state index in [1.807, 2.05) is 24.3 Å². The van der Waals surface area contributed by atoms with Gasteiger partial charge >= 0.3 is 5.97 Å². The predicted octanol–water partition coefficient (Wildman–Crippen LogP) is 3.48. The van der Waals surface area contributed by atoms with E-state index in [-0.39, 0.29) is 19.0 Å². The topological polar surface area (TPSA) is 107 Å². The van der Waals surface area contributed by atoms with E-state index in [1.165, 1.54) is 0 Å². The summed E-state index contributed by atoms with van der Waals surface area (Å²) in [6.45, 7) is 1.51. The number of aryl methyl sites for hydroxylation is 1. The van der Waals surface area contributed by atoms with E-state index >= 15 is 0 Å². The minimum absolute atomic E-state index is 0.153. The highest BCUT2D eigenvalue weighted by Crippen LogP contribution is 2.19. The van der Waals surface area contributed by atoms with Gasteiger partial charge in [0.2, 0.25) is 17.5 Å². The lowest BCUT2D eigenvalue weighted by molar-refractivity contribution is 0.0475. The highest BCUT2D eigenvalue weighted by atomic mass is 16.5. The minimum atomic E-state index is -0.585. The molecule has 0 unspecified atom stereocenters. The summed E-state index contributed by atoms with van der Waals surface area (Å²) >= 11 is 0. The number of H-pyrrole nitrogens is 1. The molecular formula is C21H17N3O5. The van der Waals surface area contributed by atoms with Crippen LogP contribution in [0.3, 0.4) is 0 Å². The molecule has 2 aromatic carbocycles. The molecule has 0 radical (unpaired) electrons. The van der Waals surface area contributed by atoms with Crippen LogP contribution in [-0.4, -0.2) is 33.5 Å². The van der Waals surface area contributed by atoms with Gasteiger partial charge in [0.25, 0.3) is 0 Å². The normalized spacial score (nSPS) is 10.8. The fourth-order valence-corrected chi connectivity index (χ4v) is 2.83. The predicted molar refractivity (Wildman–Crippen MR) is 103 cm³/mol. The molecule has 8 heteroatoms. The molecule has 0 amide bonds. The number of para-hydroxylation sites is 1. The Morgan fingerprint density at radius 1 is 1.10 bits per heavy atom. The van der Waals surface area contributed by atoms with E-state index in [0.717, 1.165) is 10.9 Å². The average Bonchev–Trinajstić information content (AvgIpc) is 3.36. The van der Waals surface area contributed by atoms with Crippen LogP contribution in [0.4, 0.5) is 0 Å².